The van der Waals surface area contributed by atoms with Crippen LogP contribution in [0.3, 0.4) is 0 Å². The molecule has 1 heterocycles. The SMILES string of the molecule is Cc1ccc(CNC(=O)CSc2cccc[n+]2[O-])cc1. The Labute approximate surface area is 122 Å². The van der Waals surface area contributed by atoms with E-state index in [1.165, 1.54) is 23.5 Å². The van der Waals surface area contributed by atoms with Gasteiger partial charge in [-0.15, -0.1) is 0 Å². The first-order valence-corrected chi connectivity index (χ1v) is 7.27. The highest BCUT2D eigenvalue weighted by Gasteiger charge is 2.08. The van der Waals surface area contributed by atoms with Crippen LogP contribution in [0, 0.1) is 12.1 Å². The number of benzene rings is 1. The zero-order chi connectivity index (χ0) is 14.4. The molecule has 1 amide bonds. The number of aromatic nitrogens is 1. The van der Waals surface area contributed by atoms with Crippen LogP contribution in [-0.2, 0) is 11.3 Å². The number of rotatable bonds is 5. The van der Waals surface area contributed by atoms with Gasteiger partial charge in [-0.2, -0.15) is 4.73 Å². The molecule has 104 valence electrons. The highest BCUT2D eigenvalue weighted by Crippen LogP contribution is 2.11. The summed E-state index contributed by atoms with van der Waals surface area (Å²) in [4.78, 5) is 11.7. The van der Waals surface area contributed by atoms with Gasteiger partial charge in [-0.05, 0) is 30.3 Å². The molecule has 2 rings (SSSR count). The number of nitrogens with zero attached hydrogens (tertiary/aromatic N) is 1. The largest absolute Gasteiger partial charge is 0.618 e. The van der Waals surface area contributed by atoms with Gasteiger partial charge in [-0.1, -0.05) is 29.8 Å². The lowest BCUT2D eigenvalue weighted by Crippen LogP contribution is -2.29. The smallest absolute Gasteiger partial charge is 0.251 e. The lowest BCUT2D eigenvalue weighted by molar-refractivity contribution is -0.645. The van der Waals surface area contributed by atoms with Gasteiger partial charge in [0, 0.05) is 18.7 Å². The minimum atomic E-state index is -0.0839. The van der Waals surface area contributed by atoms with Crippen LogP contribution in [0.4, 0.5) is 0 Å². The van der Waals surface area contributed by atoms with Crippen molar-refractivity contribution in [3.63, 3.8) is 0 Å². The van der Waals surface area contributed by atoms with Gasteiger partial charge in [-0.25, -0.2) is 0 Å². The van der Waals surface area contributed by atoms with E-state index in [2.05, 4.69) is 5.32 Å². The van der Waals surface area contributed by atoms with Crippen LogP contribution in [0.25, 0.3) is 0 Å². The summed E-state index contributed by atoms with van der Waals surface area (Å²) in [5, 5.41) is 14.8. The molecule has 0 spiro atoms. The molecule has 0 saturated carbocycles. The Balaban J connectivity index is 1.78. The highest BCUT2D eigenvalue weighted by molar-refractivity contribution is 7.99. The summed E-state index contributed by atoms with van der Waals surface area (Å²) >= 11 is 1.23. The van der Waals surface area contributed by atoms with E-state index in [0.717, 1.165) is 10.3 Å². The molecule has 0 unspecified atom stereocenters. The van der Waals surface area contributed by atoms with E-state index < -0.39 is 0 Å². The zero-order valence-corrected chi connectivity index (χ0v) is 12.0. The van der Waals surface area contributed by atoms with E-state index in [-0.39, 0.29) is 11.7 Å². The van der Waals surface area contributed by atoms with Crippen LogP contribution >= 0.6 is 11.8 Å². The van der Waals surface area contributed by atoms with Gasteiger partial charge in [0.05, 0.1) is 5.75 Å². The molecule has 1 N–H and O–H groups in total. The van der Waals surface area contributed by atoms with Crippen LogP contribution in [0.15, 0.2) is 53.7 Å². The summed E-state index contributed by atoms with van der Waals surface area (Å²) in [6.45, 7) is 2.53. The third-order valence-corrected chi connectivity index (χ3v) is 3.77. The first-order valence-electron chi connectivity index (χ1n) is 6.28. The standard InChI is InChI=1S/C15H16N2O2S/c1-12-5-7-13(8-6-12)10-16-14(18)11-20-15-4-2-3-9-17(15)19/h2-9H,10-11H2,1H3,(H,16,18). The van der Waals surface area contributed by atoms with Crippen molar-refractivity contribution in [2.24, 2.45) is 0 Å². The monoisotopic (exact) mass is 288 g/mol. The molecule has 0 radical (unpaired) electrons. The molecule has 0 aliphatic heterocycles. The summed E-state index contributed by atoms with van der Waals surface area (Å²) < 4.78 is 0.762. The number of carbonyl (C=O) groups is 1. The van der Waals surface area contributed by atoms with E-state index in [1.54, 1.807) is 18.2 Å². The van der Waals surface area contributed by atoms with Crippen LogP contribution in [0.5, 0.6) is 0 Å². The molecule has 0 atom stereocenters. The van der Waals surface area contributed by atoms with Gasteiger partial charge in [0.1, 0.15) is 0 Å². The first-order chi connectivity index (χ1) is 9.65. The van der Waals surface area contributed by atoms with Crippen molar-refractivity contribution in [1.82, 2.24) is 5.32 Å². The molecule has 5 heteroatoms. The summed E-state index contributed by atoms with van der Waals surface area (Å²) in [7, 11) is 0. The fraction of sp³-hybridized carbons (Fsp3) is 0.200. The van der Waals surface area contributed by atoms with Gasteiger partial charge >= 0.3 is 0 Å². The molecule has 4 nitrogen and oxygen atoms in total. The molecule has 0 saturated heterocycles. The average molecular weight is 288 g/mol. The Hall–Kier alpha value is -2.01. The van der Waals surface area contributed by atoms with Crippen molar-refractivity contribution < 1.29 is 9.52 Å². The van der Waals surface area contributed by atoms with Crippen molar-refractivity contribution >= 4 is 17.7 Å². The van der Waals surface area contributed by atoms with Gasteiger partial charge in [0.15, 0.2) is 6.20 Å². The fourth-order valence-electron chi connectivity index (χ4n) is 1.62. The molecule has 1 aromatic carbocycles. The summed E-state index contributed by atoms with van der Waals surface area (Å²) in [5.74, 6) is 0.150. The maximum absolute atomic E-state index is 11.7. The number of hydrogen-bond donors (Lipinski definition) is 1. The van der Waals surface area contributed by atoms with Crippen molar-refractivity contribution in [2.75, 3.05) is 5.75 Å². The number of thioether (sulfide) groups is 1. The van der Waals surface area contributed by atoms with E-state index in [4.69, 9.17) is 0 Å². The molecule has 20 heavy (non-hydrogen) atoms. The van der Waals surface area contributed by atoms with Crippen molar-refractivity contribution in [3.05, 3.63) is 65.0 Å². The molecule has 0 aliphatic rings. The second-order valence-electron chi connectivity index (χ2n) is 4.42. The number of amides is 1. The maximum atomic E-state index is 11.7. The van der Waals surface area contributed by atoms with Crippen LogP contribution in [-0.4, -0.2) is 11.7 Å². The maximum Gasteiger partial charge on any atom is 0.251 e. The Morgan fingerprint density at radius 3 is 2.70 bits per heavy atom. The number of aryl methyl sites for hydroxylation is 1. The second kappa shape index (κ2) is 6.96. The van der Waals surface area contributed by atoms with Crippen LogP contribution < -0.4 is 10.0 Å². The van der Waals surface area contributed by atoms with Crippen molar-refractivity contribution in [3.8, 4) is 0 Å². The molecule has 0 aliphatic carbocycles. The van der Waals surface area contributed by atoms with Gasteiger partial charge in [0.25, 0.3) is 5.03 Å². The molecule has 1 aromatic heterocycles. The Morgan fingerprint density at radius 1 is 1.25 bits per heavy atom. The van der Waals surface area contributed by atoms with E-state index in [0.29, 0.717) is 11.6 Å². The third kappa shape index (κ3) is 4.28. The van der Waals surface area contributed by atoms with E-state index in [1.807, 2.05) is 31.2 Å². The van der Waals surface area contributed by atoms with E-state index >= 15 is 0 Å². The second-order valence-corrected chi connectivity index (χ2v) is 5.41. The van der Waals surface area contributed by atoms with Crippen LogP contribution in [0.1, 0.15) is 11.1 Å². The number of pyridine rings is 1. The molecular weight excluding hydrogens is 272 g/mol. The molecule has 0 bridgehead atoms. The summed E-state index contributed by atoms with van der Waals surface area (Å²) in [5.41, 5.74) is 2.26. The summed E-state index contributed by atoms with van der Waals surface area (Å²) in [6.07, 6.45) is 1.42. The zero-order valence-electron chi connectivity index (χ0n) is 11.2. The molecular formula is C15H16N2O2S. The van der Waals surface area contributed by atoms with Crippen molar-refractivity contribution in [1.29, 1.82) is 0 Å². The van der Waals surface area contributed by atoms with Crippen LogP contribution in [0.2, 0.25) is 0 Å². The van der Waals surface area contributed by atoms with Gasteiger partial charge in [0.2, 0.25) is 5.91 Å². The molecule has 0 fully saturated rings. The minimum Gasteiger partial charge on any atom is -0.618 e. The number of nitrogens with one attached hydrogen (secondary N) is 1. The fourth-order valence-corrected chi connectivity index (χ4v) is 2.37. The highest BCUT2D eigenvalue weighted by atomic mass is 32.2. The third-order valence-electron chi connectivity index (χ3n) is 2.75. The van der Waals surface area contributed by atoms with Gasteiger partial charge < -0.3 is 10.5 Å². The number of hydrogen-bond acceptors (Lipinski definition) is 3. The predicted molar refractivity (Wildman–Crippen MR) is 79.2 cm³/mol. The minimum absolute atomic E-state index is 0.0839. The lowest BCUT2D eigenvalue weighted by atomic mass is 10.1. The van der Waals surface area contributed by atoms with Crippen molar-refractivity contribution in [2.45, 2.75) is 18.5 Å². The molecule has 2 aromatic rings. The predicted octanol–water partition coefficient (Wildman–Crippen LogP) is 2.04. The Morgan fingerprint density at radius 2 is 2.00 bits per heavy atom. The quantitative estimate of drug-likeness (QED) is 0.520. The normalized spacial score (nSPS) is 10.2. The lowest BCUT2D eigenvalue weighted by Gasteiger charge is -2.06. The topological polar surface area (TPSA) is 56.0 Å². The van der Waals surface area contributed by atoms with E-state index in [9.17, 15) is 10.0 Å². The summed E-state index contributed by atoms with van der Waals surface area (Å²) in [6, 6.07) is 13.2. The average Bonchev–Trinajstić information content (AvgIpc) is 2.46. The first kappa shape index (κ1) is 14.4. The van der Waals surface area contributed by atoms with Gasteiger partial charge in [-0.3, -0.25) is 4.79 Å². The Kier molecular flexibility index (Phi) is 5.01. The Bertz CT molecular complexity index is 585. The number of carbonyl (C=O) groups excluding carboxylic acids is 1.